The van der Waals surface area contributed by atoms with Crippen molar-refractivity contribution in [2.75, 3.05) is 0 Å². The van der Waals surface area contributed by atoms with Gasteiger partial charge in [-0.1, -0.05) is 177 Å². The zero-order valence-electron chi connectivity index (χ0n) is 37.4. The van der Waals surface area contributed by atoms with Crippen LogP contribution in [0.2, 0.25) is 0 Å². The molecule has 302 valence electrons. The third kappa shape index (κ3) is 4.84. The molecule has 0 aliphatic heterocycles. The Bertz CT molecular complexity index is 3230. The minimum absolute atomic E-state index is 0.0174. The van der Waals surface area contributed by atoms with Crippen molar-refractivity contribution < 1.29 is 0 Å². The molecule has 0 saturated heterocycles. The molecule has 8 aromatic carbocycles. The second-order valence-electron chi connectivity index (χ2n) is 20.3. The molecule has 0 N–H and O–H groups in total. The minimum Gasteiger partial charge on any atom is -0.0642 e. The van der Waals surface area contributed by atoms with Crippen molar-refractivity contribution in [2.24, 2.45) is 0 Å². The average Bonchev–Trinajstić information content (AvgIpc) is 3.89. The monoisotopic (exact) mass is 798 g/mol. The highest BCUT2D eigenvalue weighted by molar-refractivity contribution is 5.91. The topological polar surface area (TPSA) is 0 Å². The highest BCUT2D eigenvalue weighted by Gasteiger charge is 2.42. The molecule has 0 spiro atoms. The maximum atomic E-state index is 2.51. The van der Waals surface area contributed by atoms with E-state index in [-0.39, 0.29) is 21.7 Å². The molecule has 0 amide bonds. The van der Waals surface area contributed by atoms with Crippen LogP contribution < -0.4 is 0 Å². The molecule has 0 heterocycles. The van der Waals surface area contributed by atoms with Gasteiger partial charge >= 0.3 is 0 Å². The molecule has 0 bridgehead atoms. The van der Waals surface area contributed by atoms with Crippen LogP contribution in [0.4, 0.5) is 0 Å². The zero-order valence-corrected chi connectivity index (χ0v) is 37.4. The fourth-order valence-corrected chi connectivity index (χ4v) is 12.7. The van der Waals surface area contributed by atoms with Crippen molar-refractivity contribution >= 4 is 0 Å². The molecule has 12 rings (SSSR count). The van der Waals surface area contributed by atoms with Crippen molar-refractivity contribution in [3.8, 4) is 77.9 Å². The van der Waals surface area contributed by atoms with Gasteiger partial charge in [0.05, 0.1) is 0 Å². The van der Waals surface area contributed by atoms with Gasteiger partial charge in [0.2, 0.25) is 0 Å². The lowest BCUT2D eigenvalue weighted by Gasteiger charge is -2.30. The lowest BCUT2D eigenvalue weighted by atomic mass is 9.73. The van der Waals surface area contributed by atoms with Crippen LogP contribution in [-0.4, -0.2) is 0 Å². The Balaban J connectivity index is 0.863. The number of hydrogen-bond donors (Lipinski definition) is 0. The second kappa shape index (κ2) is 12.7. The molecular weight excluding hydrogens is 745 g/mol. The van der Waals surface area contributed by atoms with Gasteiger partial charge in [-0.15, -0.1) is 0 Å². The van der Waals surface area contributed by atoms with Gasteiger partial charge in [-0.25, -0.2) is 0 Å². The zero-order chi connectivity index (χ0) is 42.5. The van der Waals surface area contributed by atoms with Crippen LogP contribution in [-0.2, 0) is 21.7 Å². The molecule has 0 radical (unpaired) electrons. The molecule has 0 fully saturated rings. The van der Waals surface area contributed by atoms with Gasteiger partial charge in [-0.2, -0.15) is 0 Å². The SMILES string of the molecule is CCC1(CC)c2ccccc2-c2ccc(-c3ccc4c(c3)C(C)(C)c3cc(-c5ccc6c(c5)C(C)(C)c5cc(-c7ccc8c(c7)C(C)(C)c7ccccc7-8)ccc5-6)ccc3-4)cc21. The summed E-state index contributed by atoms with van der Waals surface area (Å²) in [5.74, 6) is 0. The minimum atomic E-state index is -0.127. The van der Waals surface area contributed by atoms with E-state index in [0.717, 1.165) is 12.8 Å². The van der Waals surface area contributed by atoms with Gasteiger partial charge in [0.25, 0.3) is 0 Å². The summed E-state index contributed by atoms with van der Waals surface area (Å²) in [6.07, 6.45) is 2.21. The van der Waals surface area contributed by atoms with Crippen LogP contribution in [0.25, 0.3) is 77.9 Å². The molecule has 4 aliphatic carbocycles. The molecule has 0 nitrogen and oxygen atoms in total. The number of hydrogen-bond acceptors (Lipinski definition) is 0. The Hall–Kier alpha value is -6.24. The van der Waals surface area contributed by atoms with E-state index in [1.54, 1.807) is 0 Å². The molecule has 0 unspecified atom stereocenters. The van der Waals surface area contributed by atoms with E-state index in [1.165, 1.54) is 122 Å². The highest BCUT2D eigenvalue weighted by Crippen LogP contribution is 2.56. The Kier molecular flexibility index (Phi) is 7.67. The molecule has 8 aromatic rings. The summed E-state index contributed by atoms with van der Waals surface area (Å²) < 4.78 is 0. The summed E-state index contributed by atoms with van der Waals surface area (Å²) in [7, 11) is 0. The Morgan fingerprint density at radius 2 is 0.500 bits per heavy atom. The Morgan fingerprint density at radius 3 is 0.839 bits per heavy atom. The summed E-state index contributed by atoms with van der Waals surface area (Å²) >= 11 is 0. The van der Waals surface area contributed by atoms with Crippen LogP contribution >= 0.6 is 0 Å². The summed E-state index contributed by atoms with van der Waals surface area (Å²) in [6, 6.07) is 61.3. The first-order valence-corrected chi connectivity index (χ1v) is 23.0. The molecule has 0 atom stereocenters. The van der Waals surface area contributed by atoms with E-state index < -0.39 is 0 Å². The second-order valence-corrected chi connectivity index (χ2v) is 20.3. The maximum absolute atomic E-state index is 2.51. The fraction of sp³-hybridized carbons (Fsp3) is 0.226. The van der Waals surface area contributed by atoms with E-state index in [9.17, 15) is 0 Å². The highest BCUT2D eigenvalue weighted by atomic mass is 14.4. The van der Waals surface area contributed by atoms with Crippen molar-refractivity contribution in [1.29, 1.82) is 0 Å². The van der Waals surface area contributed by atoms with Gasteiger partial charge < -0.3 is 0 Å². The fourth-order valence-electron chi connectivity index (χ4n) is 12.7. The first-order chi connectivity index (χ1) is 29.9. The molecule has 0 heteroatoms. The predicted octanol–water partition coefficient (Wildman–Crippen LogP) is 16.7. The van der Waals surface area contributed by atoms with E-state index in [2.05, 4.69) is 213 Å². The standard InChI is InChI=1S/C62H54/c1-9-62(10-2)52-18-14-12-16-44(52)50-30-24-42(36-58(50)62)41-23-29-49-48-28-22-40(34-56(48)61(7,8)57(49)35-41)39-21-27-47-46-26-20-38(32-54(46)60(5,6)55(47)33-39)37-19-25-45-43-15-11-13-17-51(43)59(3,4)53(45)31-37/h11-36H,9-10H2,1-8H3. The first kappa shape index (κ1) is 37.5. The number of fused-ring (bicyclic) bond motifs is 12. The van der Waals surface area contributed by atoms with Crippen LogP contribution in [0.15, 0.2) is 158 Å². The van der Waals surface area contributed by atoms with E-state index >= 15 is 0 Å². The first-order valence-electron chi connectivity index (χ1n) is 23.0. The smallest absolute Gasteiger partial charge is 0.0210 e. The summed E-state index contributed by atoms with van der Waals surface area (Å²) in [6.45, 7) is 19.1. The van der Waals surface area contributed by atoms with E-state index in [1.807, 2.05) is 0 Å². The lowest BCUT2D eigenvalue weighted by molar-refractivity contribution is 0.490. The van der Waals surface area contributed by atoms with Gasteiger partial charge in [0.15, 0.2) is 0 Å². The van der Waals surface area contributed by atoms with E-state index in [4.69, 9.17) is 0 Å². The molecular formula is C62H54. The van der Waals surface area contributed by atoms with Crippen LogP contribution in [0.1, 0.15) is 113 Å². The molecule has 4 aliphatic rings. The Labute approximate surface area is 368 Å². The molecule has 0 saturated carbocycles. The average molecular weight is 799 g/mol. The maximum Gasteiger partial charge on any atom is 0.0210 e. The van der Waals surface area contributed by atoms with Crippen molar-refractivity contribution in [3.63, 3.8) is 0 Å². The van der Waals surface area contributed by atoms with Crippen LogP contribution in [0.5, 0.6) is 0 Å². The Morgan fingerprint density at radius 1 is 0.258 bits per heavy atom. The largest absolute Gasteiger partial charge is 0.0642 e. The molecule has 0 aromatic heterocycles. The molecule has 62 heavy (non-hydrogen) atoms. The van der Waals surface area contributed by atoms with Crippen LogP contribution in [0, 0.1) is 0 Å². The number of benzene rings is 8. The lowest BCUT2D eigenvalue weighted by Crippen LogP contribution is -2.23. The van der Waals surface area contributed by atoms with Gasteiger partial charge in [0.1, 0.15) is 0 Å². The van der Waals surface area contributed by atoms with Crippen molar-refractivity contribution in [1.82, 2.24) is 0 Å². The summed E-state index contributed by atoms with van der Waals surface area (Å²) in [4.78, 5) is 0. The summed E-state index contributed by atoms with van der Waals surface area (Å²) in [5.41, 5.74) is 30.1. The normalized spacial score (nSPS) is 16.7. The van der Waals surface area contributed by atoms with Crippen molar-refractivity contribution in [3.05, 3.63) is 202 Å². The predicted molar refractivity (Wildman–Crippen MR) is 262 cm³/mol. The quantitative estimate of drug-likeness (QED) is 0.163. The summed E-state index contributed by atoms with van der Waals surface area (Å²) in [5, 5.41) is 0. The van der Waals surface area contributed by atoms with E-state index in [0.29, 0.717) is 0 Å². The van der Waals surface area contributed by atoms with Gasteiger partial charge in [-0.3, -0.25) is 0 Å². The van der Waals surface area contributed by atoms with Gasteiger partial charge in [-0.05, 0) is 172 Å². The van der Waals surface area contributed by atoms with Crippen LogP contribution in [0.3, 0.4) is 0 Å². The third-order valence-electron chi connectivity index (χ3n) is 16.4. The van der Waals surface area contributed by atoms with Gasteiger partial charge in [0, 0.05) is 21.7 Å². The van der Waals surface area contributed by atoms with Crippen molar-refractivity contribution in [2.45, 2.75) is 89.9 Å². The third-order valence-corrected chi connectivity index (χ3v) is 16.4. The number of rotatable bonds is 5.